The fourth-order valence-electron chi connectivity index (χ4n) is 1.56. The average Bonchev–Trinajstić information content (AvgIpc) is 2.15. The van der Waals surface area contributed by atoms with Gasteiger partial charge < -0.3 is 5.73 Å². The highest BCUT2D eigenvalue weighted by Crippen LogP contribution is 2.18. The van der Waals surface area contributed by atoms with Gasteiger partial charge in [0.05, 0.1) is 0 Å². The van der Waals surface area contributed by atoms with Crippen LogP contribution in [0.15, 0.2) is 12.3 Å². The molecule has 2 N–H and O–H groups in total. The summed E-state index contributed by atoms with van der Waals surface area (Å²) in [5.74, 6) is 1.36. The normalized spacial score (nSPS) is 10.4. The van der Waals surface area contributed by atoms with Gasteiger partial charge in [0.2, 0.25) is 5.95 Å². The largest absolute Gasteiger partial charge is 0.368 e. The Morgan fingerprint density at radius 1 is 1.06 bits per heavy atom. The van der Waals surface area contributed by atoms with Crippen molar-refractivity contribution in [1.29, 1.82) is 0 Å². The highest BCUT2D eigenvalue weighted by molar-refractivity contribution is 5.55. The molecular weight excluding hydrogens is 202 g/mol. The summed E-state index contributed by atoms with van der Waals surface area (Å²) in [7, 11) is 0. The van der Waals surface area contributed by atoms with Crippen LogP contribution in [-0.4, -0.2) is 19.9 Å². The van der Waals surface area contributed by atoms with Crippen molar-refractivity contribution in [2.75, 3.05) is 5.73 Å². The van der Waals surface area contributed by atoms with Crippen LogP contribution in [0.3, 0.4) is 0 Å². The van der Waals surface area contributed by atoms with Gasteiger partial charge >= 0.3 is 0 Å². The molecule has 0 aromatic carbocycles. The summed E-state index contributed by atoms with van der Waals surface area (Å²) < 4.78 is 0. The first-order chi connectivity index (χ1) is 7.56. The van der Waals surface area contributed by atoms with Crippen molar-refractivity contribution in [1.82, 2.24) is 19.9 Å². The lowest BCUT2D eigenvalue weighted by molar-refractivity contribution is 0.983. The number of hydrogen-bond acceptors (Lipinski definition) is 5. The molecule has 2 aromatic rings. The molecule has 0 atom stereocenters. The first-order valence-corrected chi connectivity index (χ1v) is 4.98. The Balaban J connectivity index is 2.58. The predicted octanol–water partition coefficient (Wildman–Crippen LogP) is 1.44. The first-order valence-electron chi connectivity index (χ1n) is 4.98. The summed E-state index contributed by atoms with van der Waals surface area (Å²) in [6.07, 6.45) is 1.79. The number of hydrogen-bond donors (Lipinski definition) is 1. The maximum absolute atomic E-state index is 5.59. The Labute approximate surface area is 93.8 Å². The van der Waals surface area contributed by atoms with Crippen molar-refractivity contribution < 1.29 is 0 Å². The van der Waals surface area contributed by atoms with Gasteiger partial charge in [0, 0.05) is 6.20 Å². The molecule has 0 unspecified atom stereocenters. The summed E-state index contributed by atoms with van der Waals surface area (Å²) >= 11 is 0. The molecule has 0 aliphatic rings. The van der Waals surface area contributed by atoms with Crippen LogP contribution in [0.25, 0.3) is 11.5 Å². The van der Waals surface area contributed by atoms with Gasteiger partial charge in [-0.3, -0.25) is 4.98 Å². The van der Waals surface area contributed by atoms with Crippen LogP contribution in [0, 0.1) is 20.8 Å². The van der Waals surface area contributed by atoms with Crippen molar-refractivity contribution in [2.24, 2.45) is 0 Å². The molecule has 0 spiro atoms. The predicted molar refractivity (Wildman–Crippen MR) is 61.7 cm³/mol. The van der Waals surface area contributed by atoms with Gasteiger partial charge in [-0.25, -0.2) is 4.98 Å². The molecule has 82 valence electrons. The second kappa shape index (κ2) is 3.84. The van der Waals surface area contributed by atoms with Gasteiger partial charge in [-0.2, -0.15) is 9.97 Å². The van der Waals surface area contributed by atoms with E-state index in [9.17, 15) is 0 Å². The SMILES string of the molecule is Cc1cnc(-c2nc(C)nc(N)n2)c(C)c1. The quantitative estimate of drug-likeness (QED) is 0.778. The van der Waals surface area contributed by atoms with Crippen LogP contribution in [0.1, 0.15) is 17.0 Å². The van der Waals surface area contributed by atoms with Gasteiger partial charge in [0.15, 0.2) is 5.82 Å². The zero-order chi connectivity index (χ0) is 11.7. The van der Waals surface area contributed by atoms with Crippen LogP contribution in [0.2, 0.25) is 0 Å². The Morgan fingerprint density at radius 2 is 1.81 bits per heavy atom. The van der Waals surface area contributed by atoms with Crippen molar-refractivity contribution >= 4 is 5.95 Å². The van der Waals surface area contributed by atoms with Crippen molar-refractivity contribution in [3.63, 3.8) is 0 Å². The molecule has 2 aromatic heterocycles. The molecule has 0 aliphatic heterocycles. The third-order valence-electron chi connectivity index (χ3n) is 2.19. The molecular formula is C11H13N5. The lowest BCUT2D eigenvalue weighted by atomic mass is 10.1. The number of aromatic nitrogens is 4. The summed E-state index contributed by atoms with van der Waals surface area (Å²) in [4.78, 5) is 16.6. The molecule has 0 aliphatic carbocycles. The molecule has 2 heterocycles. The number of aryl methyl sites for hydroxylation is 3. The summed E-state index contributed by atoms with van der Waals surface area (Å²) in [6, 6.07) is 2.04. The van der Waals surface area contributed by atoms with Crippen LogP contribution in [0.5, 0.6) is 0 Å². The van der Waals surface area contributed by atoms with Crippen molar-refractivity contribution in [3.05, 3.63) is 29.2 Å². The van der Waals surface area contributed by atoms with Crippen LogP contribution < -0.4 is 5.73 Å². The highest BCUT2D eigenvalue weighted by atomic mass is 15.1. The number of nitrogens with zero attached hydrogens (tertiary/aromatic N) is 4. The van der Waals surface area contributed by atoms with Gasteiger partial charge in [-0.15, -0.1) is 0 Å². The number of anilines is 1. The van der Waals surface area contributed by atoms with Crippen LogP contribution in [-0.2, 0) is 0 Å². The Kier molecular flexibility index (Phi) is 2.52. The molecule has 5 nitrogen and oxygen atoms in total. The minimum Gasteiger partial charge on any atom is -0.368 e. The molecule has 0 saturated heterocycles. The van der Waals surface area contributed by atoms with Crippen molar-refractivity contribution in [2.45, 2.75) is 20.8 Å². The molecule has 0 bridgehead atoms. The standard InChI is InChI=1S/C11H13N5/c1-6-4-7(2)9(13-5-6)10-14-8(3)15-11(12)16-10/h4-5H,1-3H3,(H2,12,14,15,16). The number of nitrogens with two attached hydrogens (primary N) is 1. The van der Waals surface area contributed by atoms with E-state index in [1.807, 2.05) is 19.9 Å². The molecule has 0 amide bonds. The smallest absolute Gasteiger partial charge is 0.223 e. The van der Waals surface area contributed by atoms with Crippen LogP contribution in [0.4, 0.5) is 5.95 Å². The third kappa shape index (κ3) is 1.98. The number of rotatable bonds is 1. The zero-order valence-corrected chi connectivity index (χ0v) is 9.52. The molecule has 0 saturated carbocycles. The molecule has 5 heteroatoms. The molecule has 16 heavy (non-hydrogen) atoms. The van der Waals surface area contributed by atoms with Gasteiger partial charge in [-0.05, 0) is 31.9 Å². The molecule has 2 rings (SSSR count). The number of pyridine rings is 1. The maximum atomic E-state index is 5.59. The van der Waals surface area contributed by atoms with Gasteiger partial charge in [0.25, 0.3) is 0 Å². The number of nitrogen functional groups attached to an aromatic ring is 1. The van der Waals surface area contributed by atoms with E-state index in [0.717, 1.165) is 16.8 Å². The Hall–Kier alpha value is -2.04. The zero-order valence-electron chi connectivity index (χ0n) is 9.52. The van der Waals surface area contributed by atoms with E-state index < -0.39 is 0 Å². The lowest BCUT2D eigenvalue weighted by Gasteiger charge is -2.05. The first kappa shape index (κ1) is 10.5. The van der Waals surface area contributed by atoms with Crippen molar-refractivity contribution in [3.8, 4) is 11.5 Å². The minimum atomic E-state index is 0.226. The Morgan fingerprint density at radius 3 is 2.44 bits per heavy atom. The van der Waals surface area contributed by atoms with E-state index in [4.69, 9.17) is 5.73 Å². The molecule has 0 radical (unpaired) electrons. The summed E-state index contributed by atoms with van der Waals surface area (Å²) in [5, 5.41) is 0. The third-order valence-corrected chi connectivity index (χ3v) is 2.19. The average molecular weight is 215 g/mol. The van der Waals surface area contributed by atoms with Gasteiger partial charge in [-0.1, -0.05) is 6.07 Å². The van der Waals surface area contributed by atoms with E-state index in [-0.39, 0.29) is 5.95 Å². The molecule has 0 fully saturated rings. The summed E-state index contributed by atoms with van der Waals surface area (Å²) in [5.41, 5.74) is 8.48. The monoisotopic (exact) mass is 215 g/mol. The topological polar surface area (TPSA) is 77.6 Å². The summed E-state index contributed by atoms with van der Waals surface area (Å²) in [6.45, 7) is 5.76. The van der Waals surface area contributed by atoms with E-state index >= 15 is 0 Å². The van der Waals surface area contributed by atoms with Gasteiger partial charge in [0.1, 0.15) is 11.5 Å². The lowest BCUT2D eigenvalue weighted by Crippen LogP contribution is -2.03. The van der Waals surface area contributed by atoms with E-state index in [2.05, 4.69) is 19.9 Å². The fraction of sp³-hybridized carbons (Fsp3) is 0.273. The highest BCUT2D eigenvalue weighted by Gasteiger charge is 2.08. The van der Waals surface area contributed by atoms with E-state index in [1.54, 1.807) is 13.1 Å². The van der Waals surface area contributed by atoms with Crippen LogP contribution >= 0.6 is 0 Å². The Bertz CT molecular complexity index is 516. The van der Waals surface area contributed by atoms with E-state index in [0.29, 0.717) is 11.6 Å². The minimum absolute atomic E-state index is 0.226. The maximum Gasteiger partial charge on any atom is 0.223 e. The fourth-order valence-corrected chi connectivity index (χ4v) is 1.56. The second-order valence-corrected chi connectivity index (χ2v) is 3.74. The second-order valence-electron chi connectivity index (χ2n) is 3.74. The van der Waals surface area contributed by atoms with E-state index in [1.165, 1.54) is 0 Å².